The number of amides is 1. The van der Waals surface area contributed by atoms with Crippen molar-refractivity contribution < 1.29 is 9.36 Å². The number of nitrogens with zero attached hydrogens (tertiary/aromatic N) is 1. The van der Waals surface area contributed by atoms with E-state index in [2.05, 4.69) is 4.74 Å². The molecule has 0 aromatic rings. The molecule has 0 aromatic carbocycles. The van der Waals surface area contributed by atoms with Crippen LogP contribution >= 0.6 is 8.25 Å². The first-order valence-electron chi connectivity index (χ1n) is 0.876. The Morgan fingerprint density at radius 1 is 1.80 bits per heavy atom. The summed E-state index contributed by atoms with van der Waals surface area (Å²) in [6, 6.07) is 0. The third-order valence-corrected chi connectivity index (χ3v) is 0.283. The number of hydrogen-bond acceptors (Lipinski definition) is 2. The molecule has 5 heavy (non-hydrogen) atoms. The minimum absolute atomic E-state index is 0.231. The summed E-state index contributed by atoms with van der Waals surface area (Å²) in [5.74, 6) is 0. The van der Waals surface area contributed by atoms with E-state index in [0.717, 1.165) is 0 Å². The maximum atomic E-state index is 9.10. The van der Waals surface area contributed by atoms with E-state index in [9.17, 15) is 0 Å². The molecular formula is CHNO2P+. The van der Waals surface area contributed by atoms with Gasteiger partial charge in [-0.2, -0.15) is 0 Å². The van der Waals surface area contributed by atoms with E-state index < -0.39 is 8.25 Å². The summed E-state index contributed by atoms with van der Waals surface area (Å²) >= 11 is 0. The Kier molecular flexibility index (Phi) is 3.48. The van der Waals surface area contributed by atoms with Crippen LogP contribution in [0.25, 0.3) is 0 Å². The van der Waals surface area contributed by atoms with Gasteiger partial charge in [0, 0.05) is 0 Å². The minimum atomic E-state index is -0.463. The molecule has 1 amide bonds. The van der Waals surface area contributed by atoms with Gasteiger partial charge < -0.3 is 0 Å². The first-order chi connectivity index (χ1) is 2.41. The van der Waals surface area contributed by atoms with Crippen LogP contribution < -0.4 is 0 Å². The summed E-state index contributed by atoms with van der Waals surface area (Å²) in [5.41, 5.74) is 0. The van der Waals surface area contributed by atoms with Gasteiger partial charge in [0.05, 0.1) is 0 Å². The molecule has 0 spiro atoms. The summed E-state index contributed by atoms with van der Waals surface area (Å²) in [7, 11) is -0.463. The monoisotopic (exact) mass is 90.0 g/mol. The molecule has 0 aliphatic heterocycles. The van der Waals surface area contributed by atoms with Crippen molar-refractivity contribution in [2.24, 2.45) is 4.74 Å². The predicted octanol–water partition coefficient (Wildman–Crippen LogP) is 0.618. The summed E-state index contributed by atoms with van der Waals surface area (Å²) in [5, 5.41) is 0. The van der Waals surface area contributed by atoms with Gasteiger partial charge in [-0.15, -0.1) is 0 Å². The van der Waals surface area contributed by atoms with Gasteiger partial charge in [0.2, 0.25) is 0 Å². The fourth-order valence-electron chi connectivity index (χ4n) is 0.0192. The Hall–Kier alpha value is -0.300. The summed E-state index contributed by atoms with van der Waals surface area (Å²) in [4.78, 5) is 9.03. The first-order valence-corrected chi connectivity index (χ1v) is 1.64. The van der Waals surface area contributed by atoms with Crippen LogP contribution in [0.4, 0.5) is 0 Å². The van der Waals surface area contributed by atoms with E-state index in [0.29, 0.717) is 0 Å². The van der Waals surface area contributed by atoms with Crippen molar-refractivity contribution in [1.29, 1.82) is 0 Å². The van der Waals surface area contributed by atoms with Crippen LogP contribution in [-0.4, -0.2) is 6.41 Å². The average molecular weight is 90.0 g/mol. The van der Waals surface area contributed by atoms with Crippen LogP contribution in [0, 0.1) is 0 Å². The zero-order valence-electron chi connectivity index (χ0n) is 2.29. The Labute approximate surface area is 29.9 Å². The number of carbonyl (C=O) groups excluding carboxylic acids is 1. The maximum absolute atomic E-state index is 9.10. The molecule has 0 aromatic heterocycles. The van der Waals surface area contributed by atoms with Crippen molar-refractivity contribution in [3.05, 3.63) is 0 Å². The zero-order valence-corrected chi connectivity index (χ0v) is 3.18. The molecule has 0 atom stereocenters. The summed E-state index contributed by atoms with van der Waals surface area (Å²) < 4.78 is 11.8. The van der Waals surface area contributed by atoms with E-state index >= 15 is 0 Å². The van der Waals surface area contributed by atoms with E-state index in [1.165, 1.54) is 0 Å². The molecule has 0 bridgehead atoms. The second kappa shape index (κ2) is 3.70. The van der Waals surface area contributed by atoms with Gasteiger partial charge in [0.25, 0.3) is 0 Å². The van der Waals surface area contributed by atoms with Crippen molar-refractivity contribution in [2.45, 2.75) is 0 Å². The van der Waals surface area contributed by atoms with Crippen LogP contribution in [0.5, 0.6) is 0 Å². The van der Waals surface area contributed by atoms with Crippen molar-refractivity contribution in [3.8, 4) is 0 Å². The van der Waals surface area contributed by atoms with Gasteiger partial charge in [0.1, 0.15) is 0 Å². The normalized spacial score (nSPS) is 5.60. The van der Waals surface area contributed by atoms with Gasteiger partial charge in [-0.25, -0.2) is 0 Å². The molecule has 0 aliphatic carbocycles. The summed E-state index contributed by atoms with van der Waals surface area (Å²) in [6.45, 7) is 0. The van der Waals surface area contributed by atoms with E-state index in [1.807, 2.05) is 0 Å². The molecule has 0 heterocycles. The predicted molar refractivity (Wildman–Crippen MR) is 16.1 cm³/mol. The Balaban J connectivity index is 3.31. The molecule has 26 valence electrons. The van der Waals surface area contributed by atoms with Crippen molar-refractivity contribution in [2.75, 3.05) is 0 Å². The molecule has 0 saturated heterocycles. The van der Waals surface area contributed by atoms with Gasteiger partial charge in [0.15, 0.2) is 0 Å². The quantitative estimate of drug-likeness (QED) is 0.350. The molecule has 3 nitrogen and oxygen atoms in total. The molecule has 0 aliphatic rings. The third-order valence-electron chi connectivity index (χ3n) is 0.0943. The van der Waals surface area contributed by atoms with E-state index in [4.69, 9.17) is 9.36 Å². The van der Waals surface area contributed by atoms with Crippen molar-refractivity contribution >= 4 is 14.7 Å². The molecule has 0 N–H and O–H groups in total. The molecular weight excluding hydrogens is 89.0 g/mol. The summed E-state index contributed by atoms with van der Waals surface area (Å²) in [6.07, 6.45) is 0.231. The topological polar surface area (TPSA) is 46.5 Å². The Bertz CT molecular complexity index is 73.7. The number of hydrogen-bond donors (Lipinski definition) is 0. The SMILES string of the molecule is O=CN=[P+]=O. The van der Waals surface area contributed by atoms with Gasteiger partial charge >= 0.3 is 28.8 Å². The van der Waals surface area contributed by atoms with Gasteiger partial charge in [-0.3, -0.25) is 0 Å². The van der Waals surface area contributed by atoms with Crippen molar-refractivity contribution in [3.63, 3.8) is 0 Å². The molecule has 0 saturated carbocycles. The standard InChI is InChI=1S/CHNO2P/c3-1-2-5-4/h1H/q+1. The molecule has 0 unspecified atom stereocenters. The molecule has 0 rings (SSSR count). The molecule has 4 heteroatoms. The fourth-order valence-corrected chi connectivity index (χ4v) is 0.0577. The second-order valence-electron chi connectivity index (χ2n) is 0.303. The van der Waals surface area contributed by atoms with Crippen molar-refractivity contribution in [1.82, 2.24) is 0 Å². The van der Waals surface area contributed by atoms with Crippen LogP contribution in [0.1, 0.15) is 0 Å². The van der Waals surface area contributed by atoms with Crippen LogP contribution in [-0.2, 0) is 9.36 Å². The Morgan fingerprint density at radius 3 is 2.40 bits per heavy atom. The third kappa shape index (κ3) is 3.70. The van der Waals surface area contributed by atoms with E-state index in [1.54, 1.807) is 0 Å². The van der Waals surface area contributed by atoms with Gasteiger partial charge in [-0.05, 0) is 0 Å². The average Bonchev–Trinajstić information content (AvgIpc) is 1.41. The molecule has 0 radical (unpaired) electrons. The van der Waals surface area contributed by atoms with E-state index in [-0.39, 0.29) is 6.41 Å². The number of carbonyl (C=O) groups is 1. The second-order valence-corrected chi connectivity index (χ2v) is 0.697. The zero-order chi connectivity index (χ0) is 4.12. The molecule has 0 fully saturated rings. The number of rotatable bonds is 1. The fraction of sp³-hybridized carbons (Fsp3) is 0. The van der Waals surface area contributed by atoms with Gasteiger partial charge in [-0.1, -0.05) is 0 Å². The van der Waals surface area contributed by atoms with Crippen LogP contribution in [0.15, 0.2) is 4.74 Å². The van der Waals surface area contributed by atoms with Crippen LogP contribution in [0.2, 0.25) is 0 Å². The first kappa shape index (κ1) is 4.70. The van der Waals surface area contributed by atoms with Crippen LogP contribution in [0.3, 0.4) is 0 Å². The Morgan fingerprint density at radius 2 is 2.40 bits per heavy atom.